The first-order chi connectivity index (χ1) is 8.60. The molecule has 0 aliphatic heterocycles. The quantitative estimate of drug-likeness (QED) is 0.600. The van der Waals surface area contributed by atoms with E-state index in [0.717, 1.165) is 25.8 Å². The van der Waals surface area contributed by atoms with E-state index in [4.69, 9.17) is 5.73 Å². The summed E-state index contributed by atoms with van der Waals surface area (Å²) in [6.07, 6.45) is 3.13. The summed E-state index contributed by atoms with van der Waals surface area (Å²) >= 11 is 0. The molecule has 6 heteroatoms. The monoisotopic (exact) mass is 256 g/mol. The van der Waals surface area contributed by atoms with Crippen LogP contribution in [0.2, 0.25) is 0 Å². The Morgan fingerprint density at radius 1 is 1.44 bits per heavy atom. The van der Waals surface area contributed by atoms with Crippen molar-refractivity contribution < 1.29 is 9.59 Å². The van der Waals surface area contributed by atoms with E-state index in [-0.39, 0.29) is 11.9 Å². The third kappa shape index (κ3) is 4.62. The average Bonchev–Trinajstić information content (AvgIpc) is 3.13. The summed E-state index contributed by atoms with van der Waals surface area (Å²) in [6.45, 7) is 5.58. The van der Waals surface area contributed by atoms with Gasteiger partial charge in [-0.1, -0.05) is 0 Å². The van der Waals surface area contributed by atoms with Gasteiger partial charge in [-0.3, -0.25) is 15.0 Å². The summed E-state index contributed by atoms with van der Waals surface area (Å²) in [5.41, 5.74) is 5.50. The van der Waals surface area contributed by atoms with Crippen LogP contribution < -0.4 is 16.4 Å². The lowest BCUT2D eigenvalue weighted by Crippen LogP contribution is -2.50. The third-order valence-electron chi connectivity index (χ3n) is 3.09. The summed E-state index contributed by atoms with van der Waals surface area (Å²) in [7, 11) is 0. The van der Waals surface area contributed by atoms with Gasteiger partial charge in [0.15, 0.2) is 0 Å². The normalized spacial score (nSPS) is 16.4. The molecule has 0 bridgehead atoms. The Balaban J connectivity index is 2.45. The molecular weight excluding hydrogens is 232 g/mol. The van der Waals surface area contributed by atoms with Crippen molar-refractivity contribution >= 4 is 11.9 Å². The zero-order chi connectivity index (χ0) is 13.5. The second kappa shape index (κ2) is 7.33. The number of urea groups is 1. The zero-order valence-corrected chi connectivity index (χ0v) is 11.2. The highest BCUT2D eigenvalue weighted by Crippen LogP contribution is 2.28. The van der Waals surface area contributed by atoms with Crippen LogP contribution in [0.25, 0.3) is 0 Å². The Kier molecular flexibility index (Phi) is 6.07. The number of carbonyl (C=O) groups excluding carboxylic acids is 2. The molecule has 0 spiro atoms. The Hall–Kier alpha value is -1.14. The van der Waals surface area contributed by atoms with Gasteiger partial charge in [-0.15, -0.1) is 0 Å². The Labute approximate surface area is 108 Å². The topological polar surface area (TPSA) is 87.5 Å². The van der Waals surface area contributed by atoms with Gasteiger partial charge in [0.05, 0.1) is 6.04 Å². The van der Waals surface area contributed by atoms with Crippen LogP contribution >= 0.6 is 0 Å². The highest BCUT2D eigenvalue weighted by molar-refractivity contribution is 5.96. The van der Waals surface area contributed by atoms with Crippen LogP contribution in [-0.2, 0) is 4.79 Å². The smallest absolute Gasteiger partial charge is 0.321 e. The fourth-order valence-electron chi connectivity index (χ4n) is 1.94. The molecule has 1 rings (SSSR count). The average molecular weight is 256 g/mol. The van der Waals surface area contributed by atoms with Gasteiger partial charge < -0.3 is 11.1 Å². The maximum Gasteiger partial charge on any atom is 0.321 e. The maximum atomic E-state index is 11.9. The highest BCUT2D eigenvalue weighted by atomic mass is 16.2. The number of amides is 3. The minimum Gasteiger partial charge on any atom is -0.338 e. The van der Waals surface area contributed by atoms with Crippen LogP contribution in [0.3, 0.4) is 0 Å². The predicted molar refractivity (Wildman–Crippen MR) is 70.1 cm³/mol. The summed E-state index contributed by atoms with van der Waals surface area (Å²) in [5, 5.41) is 4.91. The molecule has 0 aromatic carbocycles. The molecule has 0 aromatic rings. The Bertz CT molecular complexity index is 292. The molecule has 0 radical (unpaired) electrons. The van der Waals surface area contributed by atoms with E-state index in [1.54, 1.807) is 0 Å². The van der Waals surface area contributed by atoms with Crippen molar-refractivity contribution in [1.82, 2.24) is 15.5 Å². The number of imide groups is 1. The van der Waals surface area contributed by atoms with E-state index in [2.05, 4.69) is 15.5 Å². The van der Waals surface area contributed by atoms with Crippen LogP contribution in [-0.4, -0.2) is 48.6 Å². The van der Waals surface area contributed by atoms with Crippen molar-refractivity contribution in [2.45, 2.75) is 45.2 Å². The van der Waals surface area contributed by atoms with Crippen molar-refractivity contribution in [3.8, 4) is 0 Å². The second-order valence-corrected chi connectivity index (χ2v) is 4.64. The largest absolute Gasteiger partial charge is 0.338 e. The highest BCUT2D eigenvalue weighted by Gasteiger charge is 2.34. The van der Waals surface area contributed by atoms with E-state index in [1.165, 1.54) is 0 Å². The van der Waals surface area contributed by atoms with Crippen LogP contribution in [0.15, 0.2) is 0 Å². The van der Waals surface area contributed by atoms with E-state index >= 15 is 0 Å². The first-order valence-corrected chi connectivity index (χ1v) is 6.64. The number of nitrogens with two attached hydrogens (primary N) is 1. The standard InChI is InChI=1S/C12H24N4O2/c1-3-14-12(18)15-11(17)9(2)16(8-4-7-13)10-5-6-10/h9-10H,3-8,13H2,1-2H3,(H2,14,15,17,18). The molecule has 0 heterocycles. The van der Waals surface area contributed by atoms with Crippen LogP contribution in [0.5, 0.6) is 0 Å². The van der Waals surface area contributed by atoms with Crippen molar-refractivity contribution in [2.24, 2.45) is 5.73 Å². The molecule has 1 fully saturated rings. The lowest BCUT2D eigenvalue weighted by molar-refractivity contribution is -0.125. The van der Waals surface area contributed by atoms with Gasteiger partial charge in [0.2, 0.25) is 5.91 Å². The molecular formula is C12H24N4O2. The summed E-state index contributed by atoms with van der Waals surface area (Å²) in [6, 6.07) is -0.234. The molecule has 0 saturated heterocycles. The molecule has 4 N–H and O–H groups in total. The predicted octanol–water partition coefficient (Wildman–Crippen LogP) is 0.0338. The van der Waals surface area contributed by atoms with Crippen LogP contribution in [0, 0.1) is 0 Å². The first-order valence-electron chi connectivity index (χ1n) is 6.64. The summed E-state index contributed by atoms with van der Waals surface area (Å²) in [4.78, 5) is 25.4. The van der Waals surface area contributed by atoms with Gasteiger partial charge in [-0.25, -0.2) is 4.79 Å². The number of nitrogens with one attached hydrogen (secondary N) is 2. The van der Waals surface area contributed by atoms with Crippen molar-refractivity contribution in [2.75, 3.05) is 19.6 Å². The van der Waals surface area contributed by atoms with Crippen molar-refractivity contribution in [3.05, 3.63) is 0 Å². The van der Waals surface area contributed by atoms with Gasteiger partial charge in [0, 0.05) is 19.1 Å². The fourth-order valence-corrected chi connectivity index (χ4v) is 1.94. The third-order valence-corrected chi connectivity index (χ3v) is 3.09. The molecule has 1 atom stereocenters. The van der Waals surface area contributed by atoms with Crippen molar-refractivity contribution in [1.29, 1.82) is 0 Å². The van der Waals surface area contributed by atoms with Gasteiger partial charge in [-0.05, 0) is 39.7 Å². The van der Waals surface area contributed by atoms with Gasteiger partial charge in [0.1, 0.15) is 0 Å². The lowest BCUT2D eigenvalue weighted by Gasteiger charge is -2.27. The van der Waals surface area contributed by atoms with Gasteiger partial charge >= 0.3 is 6.03 Å². The summed E-state index contributed by atoms with van der Waals surface area (Å²) < 4.78 is 0. The first kappa shape index (κ1) is 14.9. The maximum absolute atomic E-state index is 11.9. The number of rotatable bonds is 7. The molecule has 18 heavy (non-hydrogen) atoms. The molecule has 6 nitrogen and oxygen atoms in total. The Morgan fingerprint density at radius 2 is 2.11 bits per heavy atom. The number of hydrogen-bond acceptors (Lipinski definition) is 4. The molecule has 3 amide bonds. The van der Waals surface area contributed by atoms with Crippen molar-refractivity contribution in [3.63, 3.8) is 0 Å². The molecule has 1 saturated carbocycles. The van der Waals surface area contributed by atoms with E-state index in [1.807, 2.05) is 13.8 Å². The number of hydrogen-bond donors (Lipinski definition) is 3. The minimum atomic E-state index is -0.427. The van der Waals surface area contributed by atoms with E-state index in [9.17, 15) is 9.59 Å². The second-order valence-electron chi connectivity index (χ2n) is 4.64. The Morgan fingerprint density at radius 3 is 2.61 bits per heavy atom. The van der Waals surface area contributed by atoms with E-state index < -0.39 is 6.03 Å². The fraction of sp³-hybridized carbons (Fsp3) is 0.833. The van der Waals surface area contributed by atoms with Gasteiger partial charge in [0.25, 0.3) is 0 Å². The lowest BCUT2D eigenvalue weighted by atomic mass is 10.2. The molecule has 0 aromatic heterocycles. The molecule has 1 unspecified atom stereocenters. The summed E-state index contributed by atoms with van der Waals surface area (Å²) in [5.74, 6) is -0.245. The van der Waals surface area contributed by atoms with E-state index in [0.29, 0.717) is 19.1 Å². The number of carbonyl (C=O) groups is 2. The molecule has 104 valence electrons. The van der Waals surface area contributed by atoms with Crippen LogP contribution in [0.4, 0.5) is 4.79 Å². The van der Waals surface area contributed by atoms with Crippen LogP contribution in [0.1, 0.15) is 33.1 Å². The molecule has 1 aliphatic carbocycles. The zero-order valence-electron chi connectivity index (χ0n) is 11.2. The van der Waals surface area contributed by atoms with Gasteiger partial charge in [-0.2, -0.15) is 0 Å². The molecule has 1 aliphatic rings. The minimum absolute atomic E-state index is 0.245. The SMILES string of the molecule is CCNC(=O)NC(=O)C(C)N(CCCN)C1CC1. The number of nitrogens with zero attached hydrogens (tertiary/aromatic N) is 1.